The molecule has 0 aliphatic carbocycles. The van der Waals surface area contributed by atoms with Crippen molar-refractivity contribution in [3.05, 3.63) is 75.7 Å². The molecule has 7 nitrogen and oxygen atoms in total. The molecule has 4 rings (SSSR count). The van der Waals surface area contributed by atoms with E-state index in [1.54, 1.807) is 17.0 Å². The van der Waals surface area contributed by atoms with Gasteiger partial charge in [-0.3, -0.25) is 19.1 Å². The number of nitrogens with zero attached hydrogens (tertiary/aromatic N) is 4. The van der Waals surface area contributed by atoms with Crippen LogP contribution in [-0.2, 0) is 11.3 Å². The molecule has 0 aliphatic heterocycles. The molecule has 0 radical (unpaired) electrons. The zero-order valence-corrected chi connectivity index (χ0v) is 18.2. The van der Waals surface area contributed by atoms with Gasteiger partial charge in [0.25, 0.3) is 5.56 Å². The molecule has 0 saturated heterocycles. The molecule has 3 heterocycles. The molecule has 0 unspecified atom stereocenters. The van der Waals surface area contributed by atoms with E-state index in [0.29, 0.717) is 34.2 Å². The summed E-state index contributed by atoms with van der Waals surface area (Å²) in [6.45, 7) is 6.21. The largest absolute Gasteiger partial charge is 0.372 e. The fraction of sp³-hybridized carbons (Fsp3) is 0.174. The van der Waals surface area contributed by atoms with E-state index < -0.39 is 0 Å². The molecule has 2 N–H and O–H groups in total. The summed E-state index contributed by atoms with van der Waals surface area (Å²) < 4.78 is 1.66. The lowest BCUT2D eigenvalue weighted by Gasteiger charge is -2.12. The molecule has 0 bridgehead atoms. The molecule has 1 amide bonds. The number of amides is 1. The van der Waals surface area contributed by atoms with Gasteiger partial charge in [0.05, 0.1) is 0 Å². The molecular formula is C23H22ClN5O2. The summed E-state index contributed by atoms with van der Waals surface area (Å²) in [5.74, 6) is 0.636. The molecule has 158 valence electrons. The van der Waals surface area contributed by atoms with E-state index in [9.17, 15) is 4.79 Å². The van der Waals surface area contributed by atoms with Gasteiger partial charge in [0.15, 0.2) is 0 Å². The highest BCUT2D eigenvalue weighted by Crippen LogP contribution is 2.32. The van der Waals surface area contributed by atoms with Gasteiger partial charge >= 0.3 is 0 Å². The number of aromatic nitrogens is 4. The molecule has 1 aromatic carbocycles. The Morgan fingerprint density at radius 3 is 2.42 bits per heavy atom. The predicted octanol–water partition coefficient (Wildman–Crippen LogP) is 3.91. The SMILES string of the molecule is CCn1c(=O)c(-c2ccc(-c3ccnc(C)c3)cc2Cl)cc2cnc(C)nc21.NC=O. The number of primary amides is 1. The number of nitrogens with two attached hydrogens (primary N) is 1. The Hall–Kier alpha value is -3.58. The highest BCUT2D eigenvalue weighted by Gasteiger charge is 2.15. The van der Waals surface area contributed by atoms with E-state index in [1.807, 2.05) is 57.2 Å². The van der Waals surface area contributed by atoms with Crippen LogP contribution in [0.4, 0.5) is 0 Å². The van der Waals surface area contributed by atoms with E-state index in [-0.39, 0.29) is 12.0 Å². The van der Waals surface area contributed by atoms with E-state index in [0.717, 1.165) is 22.2 Å². The first-order chi connectivity index (χ1) is 14.9. The molecular weight excluding hydrogens is 414 g/mol. The van der Waals surface area contributed by atoms with Crippen molar-refractivity contribution in [2.75, 3.05) is 0 Å². The number of pyridine rings is 2. The second-order valence-electron chi connectivity index (χ2n) is 6.82. The normalized spacial score (nSPS) is 10.5. The Morgan fingerprint density at radius 1 is 1.06 bits per heavy atom. The first-order valence-electron chi connectivity index (χ1n) is 9.65. The van der Waals surface area contributed by atoms with Gasteiger partial charge in [-0.1, -0.05) is 23.7 Å². The fourth-order valence-corrected chi connectivity index (χ4v) is 3.65. The summed E-state index contributed by atoms with van der Waals surface area (Å²) in [5, 5.41) is 1.34. The Morgan fingerprint density at radius 2 is 1.77 bits per heavy atom. The number of rotatable bonds is 3. The van der Waals surface area contributed by atoms with Crippen molar-refractivity contribution in [2.45, 2.75) is 27.3 Å². The summed E-state index contributed by atoms with van der Waals surface area (Å²) in [7, 11) is 0. The molecule has 0 spiro atoms. The second-order valence-corrected chi connectivity index (χ2v) is 7.23. The van der Waals surface area contributed by atoms with Crippen molar-refractivity contribution in [3.63, 3.8) is 0 Å². The molecule has 3 aromatic heterocycles. The van der Waals surface area contributed by atoms with E-state index in [1.165, 1.54) is 0 Å². The summed E-state index contributed by atoms with van der Waals surface area (Å²) in [6, 6.07) is 11.5. The van der Waals surface area contributed by atoms with Gasteiger partial charge in [0.1, 0.15) is 11.5 Å². The van der Waals surface area contributed by atoms with Crippen LogP contribution in [0.15, 0.2) is 53.6 Å². The van der Waals surface area contributed by atoms with Crippen LogP contribution in [0, 0.1) is 13.8 Å². The lowest BCUT2D eigenvalue weighted by molar-refractivity contribution is -0.106. The third-order valence-electron chi connectivity index (χ3n) is 4.75. The van der Waals surface area contributed by atoms with Crippen LogP contribution in [0.5, 0.6) is 0 Å². The Labute approximate surface area is 184 Å². The van der Waals surface area contributed by atoms with Crippen molar-refractivity contribution in [1.82, 2.24) is 19.5 Å². The van der Waals surface area contributed by atoms with Crippen molar-refractivity contribution in [2.24, 2.45) is 5.73 Å². The number of hydrogen-bond donors (Lipinski definition) is 1. The Balaban J connectivity index is 0.000000858. The third kappa shape index (κ3) is 4.62. The Kier molecular flexibility index (Phi) is 6.77. The summed E-state index contributed by atoms with van der Waals surface area (Å²) in [6.07, 6.45) is 3.77. The van der Waals surface area contributed by atoms with Gasteiger partial charge in [-0.25, -0.2) is 9.97 Å². The lowest BCUT2D eigenvalue weighted by Crippen LogP contribution is -2.22. The first-order valence-corrected chi connectivity index (χ1v) is 10.0. The van der Waals surface area contributed by atoms with Crippen LogP contribution in [0.3, 0.4) is 0 Å². The maximum Gasteiger partial charge on any atom is 0.260 e. The van der Waals surface area contributed by atoms with Crippen LogP contribution in [0.25, 0.3) is 33.3 Å². The van der Waals surface area contributed by atoms with Crippen molar-refractivity contribution >= 4 is 29.0 Å². The minimum Gasteiger partial charge on any atom is -0.372 e. The molecule has 0 aliphatic rings. The average molecular weight is 436 g/mol. The molecule has 8 heteroatoms. The smallest absolute Gasteiger partial charge is 0.260 e. The number of halogens is 1. The maximum atomic E-state index is 13.1. The van der Waals surface area contributed by atoms with Gasteiger partial charge in [0, 0.05) is 46.2 Å². The third-order valence-corrected chi connectivity index (χ3v) is 5.07. The molecule has 0 atom stereocenters. The van der Waals surface area contributed by atoms with Crippen LogP contribution in [0.2, 0.25) is 5.02 Å². The van der Waals surface area contributed by atoms with Crippen LogP contribution >= 0.6 is 11.6 Å². The second kappa shape index (κ2) is 9.49. The molecule has 0 saturated carbocycles. The average Bonchev–Trinajstić information content (AvgIpc) is 2.74. The van der Waals surface area contributed by atoms with E-state index in [2.05, 4.69) is 20.7 Å². The zero-order valence-electron chi connectivity index (χ0n) is 17.5. The number of aryl methyl sites for hydroxylation is 3. The van der Waals surface area contributed by atoms with Crippen molar-refractivity contribution < 1.29 is 4.79 Å². The standard InChI is InChI=1S/C22H19ClN4O.CH3NO/c1-4-27-21-17(12-25-14(3)26-21)10-19(22(27)28)18-6-5-15(11-20(18)23)16-7-8-24-13(2)9-16;2-1-3/h5-12H,4H2,1-3H3;1H,(H2,2,3). The number of fused-ring (bicyclic) bond motifs is 1. The monoisotopic (exact) mass is 435 g/mol. The van der Waals surface area contributed by atoms with Gasteiger partial charge in [-0.2, -0.15) is 0 Å². The highest BCUT2D eigenvalue weighted by atomic mass is 35.5. The number of carbonyl (C=O) groups excluding carboxylic acids is 1. The maximum absolute atomic E-state index is 13.1. The van der Waals surface area contributed by atoms with E-state index in [4.69, 9.17) is 16.4 Å². The zero-order chi connectivity index (χ0) is 22.5. The first kappa shape index (κ1) is 22.1. The lowest BCUT2D eigenvalue weighted by atomic mass is 10.0. The summed E-state index contributed by atoms with van der Waals surface area (Å²) in [5.41, 5.74) is 8.90. The van der Waals surface area contributed by atoms with Gasteiger partial charge < -0.3 is 5.73 Å². The number of carbonyl (C=O) groups is 1. The minimum absolute atomic E-state index is 0.109. The highest BCUT2D eigenvalue weighted by molar-refractivity contribution is 6.33. The van der Waals surface area contributed by atoms with Crippen LogP contribution < -0.4 is 11.3 Å². The van der Waals surface area contributed by atoms with E-state index >= 15 is 0 Å². The van der Waals surface area contributed by atoms with Crippen LogP contribution in [0.1, 0.15) is 18.4 Å². The van der Waals surface area contributed by atoms with Crippen molar-refractivity contribution in [3.8, 4) is 22.3 Å². The summed E-state index contributed by atoms with van der Waals surface area (Å²) in [4.78, 5) is 34.6. The molecule has 31 heavy (non-hydrogen) atoms. The van der Waals surface area contributed by atoms with Gasteiger partial charge in [-0.05, 0) is 56.2 Å². The van der Waals surface area contributed by atoms with Crippen LogP contribution in [-0.4, -0.2) is 25.9 Å². The quantitative estimate of drug-likeness (QED) is 0.491. The summed E-state index contributed by atoms with van der Waals surface area (Å²) >= 11 is 6.60. The number of benzene rings is 1. The molecule has 4 aromatic rings. The minimum atomic E-state index is -0.109. The number of hydrogen-bond acceptors (Lipinski definition) is 5. The molecule has 0 fully saturated rings. The Bertz CT molecular complexity index is 1320. The predicted molar refractivity (Wildman–Crippen MR) is 123 cm³/mol. The fourth-order valence-electron chi connectivity index (χ4n) is 3.37. The van der Waals surface area contributed by atoms with Gasteiger partial charge in [0.2, 0.25) is 6.41 Å². The van der Waals surface area contributed by atoms with Gasteiger partial charge in [-0.15, -0.1) is 0 Å². The van der Waals surface area contributed by atoms with Crippen molar-refractivity contribution in [1.29, 1.82) is 0 Å². The topological polar surface area (TPSA) is 104 Å².